The van der Waals surface area contributed by atoms with E-state index in [0.717, 1.165) is 31.5 Å². The first-order valence-corrected chi connectivity index (χ1v) is 13.7. The molecular formula is C28H28F5N7O2. The third kappa shape index (κ3) is 5.15. The van der Waals surface area contributed by atoms with E-state index in [1.807, 2.05) is 9.80 Å². The number of nitriles is 1. The average Bonchev–Trinajstić information content (AvgIpc) is 3.47. The molecule has 2 unspecified atom stereocenters. The first kappa shape index (κ1) is 28.3. The topological polar surface area (TPSA) is 110 Å². The second kappa shape index (κ2) is 10.8. The molecule has 2 N–H and O–H groups in total. The Balaban J connectivity index is 1.45. The Morgan fingerprint density at radius 1 is 1.21 bits per heavy atom. The van der Waals surface area contributed by atoms with E-state index in [-0.39, 0.29) is 41.8 Å². The molecular weight excluding hydrogens is 561 g/mol. The quantitative estimate of drug-likeness (QED) is 0.409. The normalized spacial score (nSPS) is 24.6. The number of hydrogen-bond acceptors (Lipinski definition) is 9. The van der Waals surface area contributed by atoms with Crippen molar-refractivity contribution in [1.29, 1.82) is 5.26 Å². The number of ether oxygens (including phenoxy) is 1. The van der Waals surface area contributed by atoms with Gasteiger partial charge in [0.15, 0.2) is 5.82 Å². The highest BCUT2D eigenvalue weighted by molar-refractivity contribution is 5.92. The van der Waals surface area contributed by atoms with E-state index in [4.69, 9.17) is 4.74 Å². The molecule has 9 nitrogen and oxygen atoms in total. The molecule has 42 heavy (non-hydrogen) atoms. The number of nitrogens with zero attached hydrogens (tertiary/aromatic N) is 6. The van der Waals surface area contributed by atoms with E-state index in [2.05, 4.69) is 26.3 Å². The number of halogens is 5. The monoisotopic (exact) mass is 589 g/mol. The van der Waals surface area contributed by atoms with E-state index in [1.165, 1.54) is 6.20 Å². The van der Waals surface area contributed by atoms with Crippen molar-refractivity contribution < 1.29 is 31.8 Å². The average molecular weight is 590 g/mol. The second-order valence-electron chi connectivity index (χ2n) is 11.1. The third-order valence-electron chi connectivity index (χ3n) is 8.33. The SMILES string of the molecule is N#CCC1CN(c2nc(OC[C@@]34CCCN3CC(F)C4)nc3c(F)c(-c4cc(O)ccc4C(F)(F)F)ncc23)CCN1. The van der Waals surface area contributed by atoms with Crippen LogP contribution < -0.4 is 15.0 Å². The van der Waals surface area contributed by atoms with Crippen LogP contribution >= 0.6 is 0 Å². The summed E-state index contributed by atoms with van der Waals surface area (Å²) in [6.07, 6.45) is -2.49. The Bertz CT molecular complexity index is 1550. The molecule has 222 valence electrons. The van der Waals surface area contributed by atoms with Crippen molar-refractivity contribution in [2.75, 3.05) is 44.2 Å². The van der Waals surface area contributed by atoms with Crippen LogP contribution in [-0.2, 0) is 6.18 Å². The van der Waals surface area contributed by atoms with Gasteiger partial charge in [-0.15, -0.1) is 0 Å². The van der Waals surface area contributed by atoms with Crippen LogP contribution in [0.15, 0.2) is 24.4 Å². The van der Waals surface area contributed by atoms with Gasteiger partial charge in [0.25, 0.3) is 0 Å². The van der Waals surface area contributed by atoms with Crippen molar-refractivity contribution >= 4 is 16.7 Å². The molecule has 2 aromatic heterocycles. The number of aromatic nitrogens is 3. The van der Waals surface area contributed by atoms with Crippen LogP contribution in [0, 0.1) is 17.1 Å². The number of rotatable bonds is 6. The summed E-state index contributed by atoms with van der Waals surface area (Å²) in [7, 11) is 0. The largest absolute Gasteiger partial charge is 0.508 e. The van der Waals surface area contributed by atoms with Crippen molar-refractivity contribution in [3.63, 3.8) is 0 Å². The van der Waals surface area contributed by atoms with Crippen LogP contribution in [0.3, 0.4) is 0 Å². The molecule has 0 amide bonds. The number of piperazine rings is 1. The fraction of sp³-hybridized carbons (Fsp3) is 0.500. The number of phenols is 1. The Kier molecular flexibility index (Phi) is 7.26. The number of anilines is 1. The Morgan fingerprint density at radius 2 is 2.05 bits per heavy atom. The fourth-order valence-corrected chi connectivity index (χ4v) is 6.40. The van der Waals surface area contributed by atoms with Crippen molar-refractivity contribution in [2.24, 2.45) is 0 Å². The number of benzene rings is 1. The van der Waals surface area contributed by atoms with E-state index in [0.29, 0.717) is 38.7 Å². The van der Waals surface area contributed by atoms with Gasteiger partial charge < -0.3 is 20.1 Å². The molecule has 3 saturated heterocycles. The van der Waals surface area contributed by atoms with Crippen LogP contribution in [0.4, 0.5) is 27.8 Å². The Labute approximate surface area is 237 Å². The number of pyridine rings is 1. The maximum absolute atomic E-state index is 16.2. The highest BCUT2D eigenvalue weighted by Crippen LogP contribution is 2.42. The van der Waals surface area contributed by atoms with Crippen molar-refractivity contribution in [2.45, 2.75) is 49.6 Å². The lowest BCUT2D eigenvalue weighted by molar-refractivity contribution is -0.137. The maximum atomic E-state index is 16.2. The minimum atomic E-state index is -4.84. The third-order valence-corrected chi connectivity index (χ3v) is 8.33. The lowest BCUT2D eigenvalue weighted by atomic mass is 9.95. The van der Waals surface area contributed by atoms with Crippen LogP contribution in [0.2, 0.25) is 0 Å². The van der Waals surface area contributed by atoms with Crippen LogP contribution in [-0.4, -0.2) is 82.0 Å². The standard InChI is InChI=1S/C28H28F5N7O2/c29-16-11-27(5-1-8-40(27)13-16)15-42-26-37-24-20(25(38-26)39-9-7-35-17(14-39)4-6-34)12-36-23(22(24)30)19-10-18(41)2-3-21(19)28(31,32)33/h2-3,10,12,16-17,35,41H,1,4-5,7-9,11,13-15H2/t16?,17?,27-/m0/s1. The molecule has 1 aromatic carbocycles. The maximum Gasteiger partial charge on any atom is 0.417 e. The predicted molar refractivity (Wildman–Crippen MR) is 142 cm³/mol. The first-order chi connectivity index (χ1) is 20.1. The summed E-state index contributed by atoms with van der Waals surface area (Å²) in [5, 5.41) is 22.5. The zero-order chi connectivity index (χ0) is 29.6. The molecule has 0 spiro atoms. The van der Waals surface area contributed by atoms with E-state index in [1.54, 1.807) is 0 Å². The minimum absolute atomic E-state index is 0.0708. The smallest absolute Gasteiger partial charge is 0.417 e. The lowest BCUT2D eigenvalue weighted by Crippen LogP contribution is -2.51. The summed E-state index contributed by atoms with van der Waals surface area (Å²) in [5.41, 5.74) is -3.28. The van der Waals surface area contributed by atoms with E-state index < -0.39 is 46.3 Å². The van der Waals surface area contributed by atoms with Gasteiger partial charge in [-0.2, -0.15) is 28.4 Å². The molecule has 3 atom stereocenters. The molecule has 0 bridgehead atoms. The zero-order valence-corrected chi connectivity index (χ0v) is 22.5. The number of alkyl halides is 4. The molecule has 3 aliphatic rings. The van der Waals surface area contributed by atoms with Crippen molar-refractivity contribution in [3.05, 3.63) is 35.8 Å². The lowest BCUT2D eigenvalue weighted by Gasteiger charge is -2.34. The van der Waals surface area contributed by atoms with E-state index >= 15 is 4.39 Å². The molecule has 3 aliphatic heterocycles. The molecule has 14 heteroatoms. The number of nitrogens with one attached hydrogen (secondary N) is 1. The summed E-state index contributed by atoms with van der Waals surface area (Å²) in [4.78, 5) is 16.8. The van der Waals surface area contributed by atoms with Crippen LogP contribution in [0.25, 0.3) is 22.2 Å². The number of aromatic hydroxyl groups is 1. The molecule has 6 rings (SSSR count). The van der Waals surface area contributed by atoms with Gasteiger partial charge in [-0.3, -0.25) is 9.88 Å². The molecule has 3 aromatic rings. The predicted octanol–water partition coefficient (Wildman–Crippen LogP) is 4.20. The first-order valence-electron chi connectivity index (χ1n) is 13.7. The molecule has 5 heterocycles. The Morgan fingerprint density at radius 3 is 2.83 bits per heavy atom. The van der Waals surface area contributed by atoms with Crippen molar-refractivity contribution in [1.82, 2.24) is 25.2 Å². The summed E-state index contributed by atoms with van der Waals surface area (Å²) in [5.74, 6) is -1.36. The summed E-state index contributed by atoms with van der Waals surface area (Å²) >= 11 is 0. The highest BCUT2D eigenvalue weighted by Gasteiger charge is 2.49. The number of phenolic OH excluding ortho intramolecular Hbond substituents is 1. The van der Waals surface area contributed by atoms with Gasteiger partial charge in [-0.25, -0.2) is 8.78 Å². The molecule has 0 radical (unpaired) electrons. The minimum Gasteiger partial charge on any atom is -0.508 e. The summed E-state index contributed by atoms with van der Waals surface area (Å²) < 4.78 is 78.0. The van der Waals surface area contributed by atoms with Gasteiger partial charge in [0.2, 0.25) is 0 Å². The second-order valence-corrected chi connectivity index (χ2v) is 11.1. The molecule has 0 saturated carbocycles. The summed E-state index contributed by atoms with van der Waals surface area (Å²) in [6, 6.07) is 4.08. The zero-order valence-electron chi connectivity index (χ0n) is 22.5. The van der Waals surface area contributed by atoms with Crippen LogP contribution in [0.5, 0.6) is 11.8 Å². The number of fused-ring (bicyclic) bond motifs is 2. The van der Waals surface area contributed by atoms with Crippen molar-refractivity contribution in [3.8, 4) is 29.1 Å². The number of hydrogen-bond donors (Lipinski definition) is 2. The van der Waals surface area contributed by atoms with Crippen LogP contribution in [0.1, 0.15) is 31.2 Å². The van der Waals surface area contributed by atoms with Gasteiger partial charge in [-0.1, -0.05) is 0 Å². The molecule has 3 fully saturated rings. The van der Waals surface area contributed by atoms with Gasteiger partial charge in [0.05, 0.1) is 29.0 Å². The highest BCUT2D eigenvalue weighted by atomic mass is 19.4. The molecule has 0 aliphatic carbocycles. The van der Waals surface area contributed by atoms with Gasteiger partial charge in [0, 0.05) is 50.4 Å². The van der Waals surface area contributed by atoms with Gasteiger partial charge in [-0.05, 0) is 37.6 Å². The van der Waals surface area contributed by atoms with E-state index in [9.17, 15) is 27.9 Å². The van der Waals surface area contributed by atoms with Gasteiger partial charge >= 0.3 is 12.2 Å². The Hall–Kier alpha value is -3.83. The summed E-state index contributed by atoms with van der Waals surface area (Å²) in [6.45, 7) is 2.43. The van der Waals surface area contributed by atoms with Gasteiger partial charge in [0.1, 0.15) is 35.6 Å². The fourth-order valence-electron chi connectivity index (χ4n) is 6.40.